The monoisotopic (exact) mass is 347 g/mol. The van der Waals surface area contributed by atoms with E-state index in [1.165, 1.54) is 4.31 Å². The van der Waals surface area contributed by atoms with Gasteiger partial charge in [-0.05, 0) is 37.0 Å². The average Bonchev–Trinajstić information content (AvgIpc) is 2.33. The zero-order valence-corrected chi connectivity index (χ0v) is 13.2. The van der Waals surface area contributed by atoms with Crippen LogP contribution in [0.1, 0.15) is 19.8 Å². The van der Waals surface area contributed by atoms with Crippen molar-refractivity contribution in [3.8, 4) is 0 Å². The molecule has 1 heterocycles. The van der Waals surface area contributed by atoms with Crippen molar-refractivity contribution >= 4 is 37.5 Å². The lowest BCUT2D eigenvalue weighted by atomic mass is 10.0. The summed E-state index contributed by atoms with van der Waals surface area (Å²) in [5.74, 6) is 0.587. The fourth-order valence-electron chi connectivity index (χ4n) is 2.06. The molecule has 0 aliphatic carbocycles. The summed E-state index contributed by atoms with van der Waals surface area (Å²) in [6.07, 6.45) is 1.80. The van der Waals surface area contributed by atoms with Crippen molar-refractivity contribution in [1.29, 1.82) is 0 Å². The molecular weight excluding hydrogens is 330 g/mol. The summed E-state index contributed by atoms with van der Waals surface area (Å²) in [5.41, 5.74) is 6.63. The minimum atomic E-state index is -3.51. The molecule has 1 aromatic rings. The Bertz CT molecular complexity index is 554. The van der Waals surface area contributed by atoms with Gasteiger partial charge in [-0.2, -0.15) is 12.7 Å². The van der Waals surface area contributed by atoms with Crippen LogP contribution in [0.25, 0.3) is 0 Å². The average molecular weight is 348 g/mol. The third-order valence-corrected chi connectivity index (χ3v) is 5.35. The maximum atomic E-state index is 12.2. The molecule has 7 heteroatoms. The lowest BCUT2D eigenvalue weighted by Gasteiger charge is -2.29. The van der Waals surface area contributed by atoms with Crippen molar-refractivity contribution in [2.75, 3.05) is 23.5 Å². The highest BCUT2D eigenvalue weighted by atomic mass is 79.9. The quantitative estimate of drug-likeness (QED) is 0.824. The first-order valence-electron chi connectivity index (χ1n) is 6.21. The molecule has 1 aliphatic rings. The molecule has 0 atom stereocenters. The van der Waals surface area contributed by atoms with Crippen LogP contribution in [-0.2, 0) is 10.2 Å². The Balaban J connectivity index is 2.12. The number of nitrogens with one attached hydrogen (secondary N) is 1. The summed E-state index contributed by atoms with van der Waals surface area (Å²) in [6.45, 7) is 3.27. The lowest BCUT2D eigenvalue weighted by molar-refractivity contribution is 0.289. The van der Waals surface area contributed by atoms with E-state index in [1.54, 1.807) is 18.2 Å². The van der Waals surface area contributed by atoms with Crippen LogP contribution < -0.4 is 10.5 Å². The Hall–Kier alpha value is -0.790. The Morgan fingerprint density at radius 2 is 2.00 bits per heavy atom. The summed E-state index contributed by atoms with van der Waals surface area (Å²) >= 11 is 3.29. The zero-order chi connectivity index (χ0) is 14.0. The molecule has 1 aromatic carbocycles. The van der Waals surface area contributed by atoms with Gasteiger partial charge in [-0.15, -0.1) is 0 Å². The predicted molar refractivity (Wildman–Crippen MR) is 81.1 cm³/mol. The van der Waals surface area contributed by atoms with Crippen molar-refractivity contribution in [3.63, 3.8) is 0 Å². The van der Waals surface area contributed by atoms with Crippen LogP contribution in [0.5, 0.6) is 0 Å². The molecule has 1 saturated heterocycles. The normalized spacial score (nSPS) is 18.4. The molecule has 3 N–H and O–H groups in total. The van der Waals surface area contributed by atoms with Gasteiger partial charge in [0.15, 0.2) is 0 Å². The number of benzene rings is 1. The van der Waals surface area contributed by atoms with Crippen LogP contribution in [0, 0.1) is 5.92 Å². The Morgan fingerprint density at radius 1 is 1.37 bits per heavy atom. The fraction of sp³-hybridized carbons (Fsp3) is 0.500. The molecule has 0 spiro atoms. The lowest BCUT2D eigenvalue weighted by Crippen LogP contribution is -2.41. The predicted octanol–water partition coefficient (Wildman–Crippen LogP) is 2.42. The zero-order valence-electron chi connectivity index (χ0n) is 10.8. The molecule has 0 saturated carbocycles. The van der Waals surface area contributed by atoms with Gasteiger partial charge in [-0.25, -0.2) is 0 Å². The highest BCUT2D eigenvalue weighted by molar-refractivity contribution is 9.10. The molecule has 19 heavy (non-hydrogen) atoms. The van der Waals surface area contributed by atoms with Crippen molar-refractivity contribution < 1.29 is 8.42 Å². The number of rotatable bonds is 3. The fourth-order valence-corrected chi connectivity index (χ4v) is 3.72. The second kappa shape index (κ2) is 5.68. The van der Waals surface area contributed by atoms with Crippen molar-refractivity contribution in [2.24, 2.45) is 5.92 Å². The van der Waals surface area contributed by atoms with E-state index in [0.717, 1.165) is 17.3 Å². The van der Waals surface area contributed by atoms with Crippen LogP contribution in [0.4, 0.5) is 11.4 Å². The SMILES string of the molecule is CC1CCN(S(=O)(=O)Nc2ccc(Br)cc2N)CC1. The molecule has 106 valence electrons. The maximum Gasteiger partial charge on any atom is 0.301 e. The van der Waals surface area contributed by atoms with E-state index >= 15 is 0 Å². The number of halogens is 1. The van der Waals surface area contributed by atoms with Gasteiger partial charge < -0.3 is 5.73 Å². The molecule has 1 fully saturated rings. The first-order chi connectivity index (χ1) is 8.88. The Labute approximate surface area is 122 Å². The van der Waals surface area contributed by atoms with Gasteiger partial charge in [0.1, 0.15) is 0 Å². The van der Waals surface area contributed by atoms with E-state index in [4.69, 9.17) is 5.73 Å². The number of piperidine rings is 1. The van der Waals surface area contributed by atoms with Crippen LogP contribution in [0.3, 0.4) is 0 Å². The third kappa shape index (κ3) is 3.61. The van der Waals surface area contributed by atoms with E-state index < -0.39 is 10.2 Å². The van der Waals surface area contributed by atoms with E-state index in [9.17, 15) is 8.42 Å². The third-order valence-electron chi connectivity index (χ3n) is 3.34. The Kier molecular flexibility index (Phi) is 4.37. The number of hydrogen-bond acceptors (Lipinski definition) is 3. The minimum Gasteiger partial charge on any atom is -0.397 e. The Morgan fingerprint density at radius 3 is 2.58 bits per heavy atom. The first-order valence-corrected chi connectivity index (χ1v) is 8.45. The second-order valence-corrected chi connectivity index (χ2v) is 7.51. The van der Waals surface area contributed by atoms with E-state index in [0.29, 0.717) is 30.4 Å². The van der Waals surface area contributed by atoms with Gasteiger partial charge in [0, 0.05) is 17.6 Å². The minimum absolute atomic E-state index is 0.406. The largest absolute Gasteiger partial charge is 0.397 e. The van der Waals surface area contributed by atoms with Crippen LogP contribution in [-0.4, -0.2) is 25.8 Å². The number of nitrogens with zero attached hydrogens (tertiary/aromatic N) is 1. The summed E-state index contributed by atoms with van der Waals surface area (Å²) < 4.78 is 29.3. The van der Waals surface area contributed by atoms with Gasteiger partial charge in [0.2, 0.25) is 0 Å². The summed E-state index contributed by atoms with van der Waals surface area (Å²) in [6, 6.07) is 5.09. The molecule has 0 radical (unpaired) electrons. The van der Waals surface area contributed by atoms with Gasteiger partial charge >= 0.3 is 10.2 Å². The van der Waals surface area contributed by atoms with Crippen molar-refractivity contribution in [3.05, 3.63) is 22.7 Å². The highest BCUT2D eigenvalue weighted by Crippen LogP contribution is 2.26. The summed E-state index contributed by atoms with van der Waals surface area (Å²) in [4.78, 5) is 0. The molecule has 1 aliphatic heterocycles. The van der Waals surface area contributed by atoms with E-state index in [-0.39, 0.29) is 0 Å². The number of nitrogens with two attached hydrogens (primary N) is 1. The van der Waals surface area contributed by atoms with Crippen LogP contribution >= 0.6 is 15.9 Å². The number of anilines is 2. The highest BCUT2D eigenvalue weighted by Gasteiger charge is 2.26. The number of nitrogen functional groups attached to an aromatic ring is 1. The molecule has 0 amide bonds. The molecule has 0 unspecified atom stereocenters. The van der Waals surface area contributed by atoms with E-state index in [2.05, 4.69) is 27.6 Å². The maximum absolute atomic E-state index is 12.2. The van der Waals surface area contributed by atoms with Crippen LogP contribution in [0.2, 0.25) is 0 Å². The van der Waals surface area contributed by atoms with E-state index in [1.807, 2.05) is 0 Å². The van der Waals surface area contributed by atoms with Crippen molar-refractivity contribution in [2.45, 2.75) is 19.8 Å². The van der Waals surface area contributed by atoms with Gasteiger partial charge in [-0.1, -0.05) is 22.9 Å². The first kappa shape index (κ1) is 14.6. The number of hydrogen-bond donors (Lipinski definition) is 2. The molecule has 0 aromatic heterocycles. The standard InChI is InChI=1S/C12H18BrN3O2S/c1-9-4-6-16(7-5-9)19(17,18)15-12-3-2-10(13)8-11(12)14/h2-3,8-9,15H,4-7,14H2,1H3. The van der Waals surface area contributed by atoms with Gasteiger partial charge in [0.05, 0.1) is 11.4 Å². The van der Waals surface area contributed by atoms with Gasteiger partial charge in [0.25, 0.3) is 0 Å². The molecule has 2 rings (SSSR count). The summed E-state index contributed by atoms with van der Waals surface area (Å²) in [7, 11) is -3.51. The van der Waals surface area contributed by atoms with Crippen molar-refractivity contribution in [1.82, 2.24) is 4.31 Å². The second-order valence-electron chi connectivity index (χ2n) is 4.92. The van der Waals surface area contributed by atoms with Gasteiger partial charge in [-0.3, -0.25) is 4.72 Å². The summed E-state index contributed by atoms with van der Waals surface area (Å²) in [5, 5.41) is 0. The molecule has 5 nitrogen and oxygen atoms in total. The van der Waals surface area contributed by atoms with Crippen LogP contribution in [0.15, 0.2) is 22.7 Å². The molecule has 0 bridgehead atoms. The topological polar surface area (TPSA) is 75.4 Å². The smallest absolute Gasteiger partial charge is 0.301 e. The molecular formula is C12H18BrN3O2S.